The number of fused-ring (bicyclic) bond motifs is 2. The van der Waals surface area contributed by atoms with E-state index in [-0.39, 0.29) is 0 Å². The van der Waals surface area contributed by atoms with Crippen molar-refractivity contribution in [2.45, 2.75) is 0 Å². The summed E-state index contributed by atoms with van der Waals surface area (Å²) in [6, 6.07) is 7.66. The van der Waals surface area contributed by atoms with Crippen LogP contribution < -0.4 is 10.2 Å². The number of hydrogen-bond acceptors (Lipinski definition) is 3. The zero-order chi connectivity index (χ0) is 11.1. The van der Waals surface area contributed by atoms with Crippen LogP contribution in [0.4, 0.5) is 4.79 Å². The maximum absolute atomic E-state index is 10.9. The second-order valence-corrected chi connectivity index (χ2v) is 3.66. The van der Waals surface area contributed by atoms with E-state index in [1.54, 1.807) is 0 Å². The highest BCUT2D eigenvalue weighted by atomic mass is 16.5. The van der Waals surface area contributed by atoms with E-state index in [4.69, 9.17) is 9.84 Å². The third-order valence-corrected chi connectivity index (χ3v) is 2.80. The fourth-order valence-corrected chi connectivity index (χ4v) is 2.06. The number of hydrogen-bond donors (Lipinski definition) is 2. The van der Waals surface area contributed by atoms with Crippen molar-refractivity contribution in [1.29, 1.82) is 0 Å². The summed E-state index contributed by atoms with van der Waals surface area (Å²) in [5, 5.41) is 10.1. The van der Waals surface area contributed by atoms with Gasteiger partial charge in [0.1, 0.15) is 12.4 Å². The zero-order valence-corrected chi connectivity index (χ0v) is 8.43. The van der Waals surface area contributed by atoms with Crippen LogP contribution in [0.25, 0.3) is 5.57 Å². The Bertz CT molecular complexity index is 496. The molecule has 0 saturated carbocycles. The van der Waals surface area contributed by atoms with E-state index in [0.717, 1.165) is 21.9 Å². The van der Waals surface area contributed by atoms with Gasteiger partial charge >= 0.3 is 6.09 Å². The summed E-state index contributed by atoms with van der Waals surface area (Å²) in [5.74, 6) is 0.815. The molecular formula is C11H10N2O3. The third kappa shape index (κ3) is 1.18. The first-order valence-corrected chi connectivity index (χ1v) is 4.98. The average Bonchev–Trinajstić information content (AvgIpc) is 2.73. The molecule has 1 amide bonds. The van der Waals surface area contributed by atoms with Gasteiger partial charge in [0, 0.05) is 17.7 Å². The summed E-state index contributed by atoms with van der Waals surface area (Å²) in [5.41, 5.74) is 5.48. The van der Waals surface area contributed by atoms with Crippen LogP contribution in [-0.2, 0) is 0 Å². The smallest absolute Gasteiger partial charge is 0.426 e. The Hall–Kier alpha value is -2.01. The van der Waals surface area contributed by atoms with Crippen LogP contribution in [0.1, 0.15) is 5.56 Å². The summed E-state index contributed by atoms with van der Waals surface area (Å²) in [4.78, 5) is 10.9. The summed E-state index contributed by atoms with van der Waals surface area (Å²) >= 11 is 0. The number of carbonyl (C=O) groups is 1. The molecule has 5 nitrogen and oxygen atoms in total. The molecule has 2 N–H and O–H groups in total. The topological polar surface area (TPSA) is 61.8 Å². The lowest BCUT2D eigenvalue weighted by Gasteiger charge is -2.21. The molecule has 1 aromatic carbocycles. The van der Waals surface area contributed by atoms with E-state index in [0.29, 0.717) is 18.8 Å². The largest absolute Gasteiger partial charge is 0.487 e. The van der Waals surface area contributed by atoms with Crippen molar-refractivity contribution < 1.29 is 14.6 Å². The van der Waals surface area contributed by atoms with E-state index in [2.05, 4.69) is 5.43 Å². The lowest BCUT2D eigenvalue weighted by Crippen LogP contribution is -2.37. The fraction of sp³-hybridized carbons (Fsp3) is 0.182. The molecule has 2 aliphatic heterocycles. The minimum Gasteiger partial charge on any atom is -0.487 e. The quantitative estimate of drug-likeness (QED) is 0.688. The molecule has 82 valence electrons. The standard InChI is InChI=1S/C11H10N2O3/c14-11(15)13-9-6-16-10-4-2-1-3-7(10)8(9)5-12-13/h1-4,12H,5-6H2,(H,14,15). The number of carboxylic acid groups (broad SMARTS) is 1. The first-order valence-electron chi connectivity index (χ1n) is 4.98. The third-order valence-electron chi connectivity index (χ3n) is 2.80. The molecule has 3 rings (SSSR count). The molecule has 1 aromatic rings. The Morgan fingerprint density at radius 3 is 3.06 bits per heavy atom. The first kappa shape index (κ1) is 9.23. The van der Waals surface area contributed by atoms with Crippen LogP contribution >= 0.6 is 0 Å². The SMILES string of the molecule is O=C(O)N1NCC2=C1COc1ccccc12. The number of ether oxygens (including phenoxy) is 1. The van der Waals surface area contributed by atoms with E-state index in [9.17, 15) is 4.79 Å². The van der Waals surface area contributed by atoms with Gasteiger partial charge in [-0.25, -0.2) is 15.2 Å². The van der Waals surface area contributed by atoms with Crippen LogP contribution in [0.2, 0.25) is 0 Å². The van der Waals surface area contributed by atoms with Crippen molar-refractivity contribution in [1.82, 2.24) is 10.4 Å². The van der Waals surface area contributed by atoms with E-state index in [1.807, 2.05) is 24.3 Å². The average molecular weight is 218 g/mol. The molecule has 16 heavy (non-hydrogen) atoms. The number of hydrazine groups is 1. The number of benzene rings is 1. The molecular weight excluding hydrogens is 208 g/mol. The Balaban J connectivity index is 2.10. The van der Waals surface area contributed by atoms with Gasteiger partial charge in [-0.3, -0.25) is 0 Å². The van der Waals surface area contributed by atoms with Gasteiger partial charge in [-0.2, -0.15) is 0 Å². The van der Waals surface area contributed by atoms with Crippen molar-refractivity contribution in [3.8, 4) is 5.75 Å². The minimum atomic E-state index is -1.01. The van der Waals surface area contributed by atoms with Crippen LogP contribution in [0.3, 0.4) is 0 Å². The van der Waals surface area contributed by atoms with Crippen molar-refractivity contribution in [2.75, 3.05) is 13.2 Å². The molecule has 0 aromatic heterocycles. The maximum atomic E-state index is 10.9. The van der Waals surface area contributed by atoms with Crippen molar-refractivity contribution in [2.24, 2.45) is 0 Å². The van der Waals surface area contributed by atoms with Crippen LogP contribution in [0.5, 0.6) is 5.75 Å². The number of amides is 1. The molecule has 2 heterocycles. The predicted octanol–water partition coefficient (Wildman–Crippen LogP) is 1.29. The Labute approximate surface area is 91.9 Å². The lowest BCUT2D eigenvalue weighted by molar-refractivity contribution is 0.139. The molecule has 0 radical (unpaired) electrons. The van der Waals surface area contributed by atoms with Gasteiger partial charge in [0.2, 0.25) is 0 Å². The minimum absolute atomic E-state index is 0.297. The summed E-state index contributed by atoms with van der Waals surface area (Å²) in [6.07, 6.45) is -1.01. The molecule has 5 heteroatoms. The first-order chi connectivity index (χ1) is 7.77. The lowest BCUT2D eigenvalue weighted by atomic mass is 10.0. The van der Waals surface area contributed by atoms with Gasteiger partial charge < -0.3 is 9.84 Å². The molecule has 0 spiro atoms. The van der Waals surface area contributed by atoms with Crippen LogP contribution in [0.15, 0.2) is 30.0 Å². The highest BCUT2D eigenvalue weighted by molar-refractivity contribution is 5.81. The van der Waals surface area contributed by atoms with Gasteiger partial charge in [0.05, 0.1) is 5.70 Å². The highest BCUT2D eigenvalue weighted by Gasteiger charge is 2.32. The highest BCUT2D eigenvalue weighted by Crippen LogP contribution is 2.35. The zero-order valence-electron chi connectivity index (χ0n) is 8.43. The number of para-hydroxylation sites is 1. The maximum Gasteiger partial charge on any atom is 0.426 e. The molecule has 2 aliphatic rings. The number of nitrogens with zero attached hydrogens (tertiary/aromatic N) is 1. The summed E-state index contributed by atoms with van der Waals surface area (Å²) in [7, 11) is 0. The predicted molar refractivity (Wildman–Crippen MR) is 56.7 cm³/mol. The normalized spacial score (nSPS) is 17.9. The fourth-order valence-electron chi connectivity index (χ4n) is 2.06. The second kappa shape index (κ2) is 3.24. The van der Waals surface area contributed by atoms with Crippen LogP contribution in [0, 0.1) is 0 Å². The van der Waals surface area contributed by atoms with Crippen molar-refractivity contribution in [3.63, 3.8) is 0 Å². The Kier molecular flexibility index (Phi) is 1.87. The number of nitrogens with one attached hydrogen (secondary N) is 1. The van der Waals surface area contributed by atoms with Crippen molar-refractivity contribution >= 4 is 11.7 Å². The van der Waals surface area contributed by atoms with E-state index < -0.39 is 6.09 Å². The molecule has 0 bridgehead atoms. The molecule has 0 unspecified atom stereocenters. The van der Waals surface area contributed by atoms with Gasteiger partial charge in [0.25, 0.3) is 0 Å². The van der Waals surface area contributed by atoms with E-state index >= 15 is 0 Å². The van der Waals surface area contributed by atoms with Crippen LogP contribution in [-0.4, -0.2) is 29.4 Å². The van der Waals surface area contributed by atoms with E-state index in [1.165, 1.54) is 0 Å². The monoisotopic (exact) mass is 218 g/mol. The van der Waals surface area contributed by atoms with Crippen molar-refractivity contribution in [3.05, 3.63) is 35.5 Å². The second-order valence-electron chi connectivity index (χ2n) is 3.66. The van der Waals surface area contributed by atoms with Gasteiger partial charge in [-0.15, -0.1) is 0 Å². The Morgan fingerprint density at radius 2 is 2.25 bits per heavy atom. The number of rotatable bonds is 0. The molecule has 0 saturated heterocycles. The van der Waals surface area contributed by atoms with Gasteiger partial charge in [-0.1, -0.05) is 18.2 Å². The summed E-state index contributed by atoms with van der Waals surface area (Å²) in [6.45, 7) is 0.827. The Morgan fingerprint density at radius 1 is 1.44 bits per heavy atom. The molecule has 0 fully saturated rings. The van der Waals surface area contributed by atoms with Gasteiger partial charge in [0.15, 0.2) is 0 Å². The summed E-state index contributed by atoms with van der Waals surface area (Å²) < 4.78 is 5.51. The van der Waals surface area contributed by atoms with Gasteiger partial charge in [-0.05, 0) is 6.07 Å². The molecule has 0 aliphatic carbocycles. The molecule has 0 atom stereocenters.